The molecule has 3 nitrogen and oxygen atoms in total. The van der Waals surface area contributed by atoms with Crippen molar-refractivity contribution in [1.29, 1.82) is 0 Å². The van der Waals surface area contributed by atoms with Gasteiger partial charge in [-0.25, -0.2) is 8.42 Å². The van der Waals surface area contributed by atoms with Crippen molar-refractivity contribution in [2.24, 2.45) is 0 Å². The minimum absolute atomic E-state index is 0.124. The Hall–Kier alpha value is -1.13. The molecule has 86 valence electrons. The van der Waals surface area contributed by atoms with Gasteiger partial charge in [0.2, 0.25) is 10.0 Å². The van der Waals surface area contributed by atoms with Gasteiger partial charge in [-0.05, 0) is 12.5 Å². The summed E-state index contributed by atoms with van der Waals surface area (Å²) in [5.41, 5.74) is 2.22. The zero-order chi connectivity index (χ0) is 11.6. The van der Waals surface area contributed by atoms with E-state index < -0.39 is 10.0 Å². The third kappa shape index (κ3) is 2.51. The van der Waals surface area contributed by atoms with Crippen LogP contribution in [0.1, 0.15) is 11.1 Å². The smallest absolute Gasteiger partial charge is 0.212 e. The van der Waals surface area contributed by atoms with E-state index in [1.165, 1.54) is 9.87 Å². The fourth-order valence-electron chi connectivity index (χ4n) is 1.66. The third-order valence-corrected chi connectivity index (χ3v) is 4.33. The van der Waals surface area contributed by atoms with E-state index in [0.717, 1.165) is 5.56 Å². The van der Waals surface area contributed by atoms with Crippen molar-refractivity contribution >= 4 is 10.0 Å². The maximum Gasteiger partial charge on any atom is 0.218 e. The quantitative estimate of drug-likeness (QED) is 0.734. The van der Waals surface area contributed by atoms with Crippen LogP contribution in [-0.4, -0.2) is 25.0 Å². The summed E-state index contributed by atoms with van der Waals surface area (Å²) in [6.07, 6.45) is 3.61. The number of nitrogens with zero attached hydrogens (tertiary/aromatic N) is 1. The van der Waals surface area contributed by atoms with Gasteiger partial charge >= 0.3 is 0 Å². The summed E-state index contributed by atoms with van der Waals surface area (Å²) in [6, 6.07) is 7.95. The lowest BCUT2D eigenvalue weighted by Gasteiger charge is -2.22. The van der Waals surface area contributed by atoms with Gasteiger partial charge in [0.25, 0.3) is 0 Å². The summed E-state index contributed by atoms with van der Waals surface area (Å²) in [7, 11) is -3.09. The summed E-state index contributed by atoms with van der Waals surface area (Å²) in [4.78, 5) is 0. The van der Waals surface area contributed by atoms with Crippen molar-refractivity contribution in [2.45, 2.75) is 13.5 Å². The zero-order valence-electron chi connectivity index (χ0n) is 9.26. The van der Waals surface area contributed by atoms with Gasteiger partial charge in [-0.2, -0.15) is 4.31 Å². The highest BCUT2D eigenvalue weighted by molar-refractivity contribution is 7.89. The van der Waals surface area contributed by atoms with Gasteiger partial charge in [-0.3, -0.25) is 0 Å². The number of sulfonamides is 1. The van der Waals surface area contributed by atoms with E-state index in [9.17, 15) is 8.42 Å². The fourth-order valence-corrected chi connectivity index (χ4v) is 2.91. The first-order valence-electron chi connectivity index (χ1n) is 5.26. The van der Waals surface area contributed by atoms with Crippen LogP contribution in [-0.2, 0) is 16.6 Å². The van der Waals surface area contributed by atoms with Crippen LogP contribution >= 0.6 is 0 Å². The molecular formula is C12H15NO2S. The van der Waals surface area contributed by atoms with Crippen LogP contribution < -0.4 is 0 Å². The molecule has 0 bridgehead atoms. The molecule has 4 heteroatoms. The van der Waals surface area contributed by atoms with Crippen LogP contribution in [0.4, 0.5) is 0 Å². The maximum absolute atomic E-state index is 11.7. The van der Waals surface area contributed by atoms with Crippen molar-refractivity contribution in [3.63, 3.8) is 0 Å². The Labute approximate surface area is 96.4 Å². The molecule has 1 aliphatic rings. The number of benzene rings is 1. The molecule has 0 saturated heterocycles. The molecule has 2 rings (SSSR count). The van der Waals surface area contributed by atoms with Crippen molar-refractivity contribution in [3.05, 3.63) is 47.5 Å². The molecule has 1 aromatic rings. The summed E-state index contributed by atoms with van der Waals surface area (Å²) in [5.74, 6) is 0.124. The summed E-state index contributed by atoms with van der Waals surface area (Å²) in [5, 5.41) is 0. The second kappa shape index (κ2) is 4.39. The normalized spacial score (nSPS) is 19.8. The highest BCUT2D eigenvalue weighted by Gasteiger charge is 2.22. The van der Waals surface area contributed by atoms with Gasteiger partial charge in [-0.1, -0.05) is 42.0 Å². The predicted octanol–water partition coefficient (Wildman–Crippen LogP) is 1.70. The van der Waals surface area contributed by atoms with Crippen LogP contribution in [0.2, 0.25) is 0 Å². The van der Waals surface area contributed by atoms with Gasteiger partial charge in [0, 0.05) is 13.1 Å². The molecule has 1 heterocycles. The van der Waals surface area contributed by atoms with E-state index in [1.54, 1.807) is 6.08 Å². The second-order valence-corrected chi connectivity index (χ2v) is 6.04. The summed E-state index contributed by atoms with van der Waals surface area (Å²) in [6.45, 7) is 2.97. The second-order valence-electron chi connectivity index (χ2n) is 4.03. The van der Waals surface area contributed by atoms with Crippen LogP contribution in [0, 0.1) is 6.92 Å². The highest BCUT2D eigenvalue weighted by atomic mass is 32.2. The van der Waals surface area contributed by atoms with Crippen LogP contribution in [0.5, 0.6) is 0 Å². The molecule has 1 aliphatic heterocycles. The molecule has 0 atom stereocenters. The van der Waals surface area contributed by atoms with Gasteiger partial charge < -0.3 is 0 Å². The lowest BCUT2D eigenvalue weighted by Crippen LogP contribution is -2.34. The molecule has 0 saturated carbocycles. The van der Waals surface area contributed by atoms with E-state index in [0.29, 0.717) is 13.1 Å². The monoisotopic (exact) mass is 237 g/mol. The van der Waals surface area contributed by atoms with E-state index >= 15 is 0 Å². The Bertz CT molecular complexity index is 488. The first-order valence-corrected chi connectivity index (χ1v) is 6.87. The van der Waals surface area contributed by atoms with Crippen LogP contribution in [0.15, 0.2) is 36.4 Å². The van der Waals surface area contributed by atoms with Crippen molar-refractivity contribution in [3.8, 4) is 0 Å². The number of hydrogen-bond acceptors (Lipinski definition) is 2. The minimum Gasteiger partial charge on any atom is -0.212 e. The van der Waals surface area contributed by atoms with Crippen LogP contribution in [0.3, 0.4) is 0 Å². The molecule has 16 heavy (non-hydrogen) atoms. The molecule has 0 fully saturated rings. The zero-order valence-corrected chi connectivity index (χ0v) is 10.1. The molecule has 0 unspecified atom stereocenters. The molecule has 1 aromatic carbocycles. The Morgan fingerprint density at radius 3 is 2.50 bits per heavy atom. The SMILES string of the molecule is Cc1ccc(CN2CC=CCS2(=O)=O)cc1. The largest absolute Gasteiger partial charge is 0.218 e. The standard InChI is InChI=1S/C12H15NO2S/c1-11-4-6-12(7-5-11)10-13-8-2-3-9-16(13,14)15/h2-7H,8-10H2,1H3. The third-order valence-electron chi connectivity index (χ3n) is 2.66. The van der Waals surface area contributed by atoms with E-state index in [2.05, 4.69) is 0 Å². The number of rotatable bonds is 2. The lowest BCUT2D eigenvalue weighted by atomic mass is 10.1. The molecule has 0 amide bonds. The first-order chi connectivity index (χ1) is 7.58. The maximum atomic E-state index is 11.7. The molecule has 0 spiro atoms. The van der Waals surface area contributed by atoms with Gasteiger partial charge in [0.05, 0.1) is 5.75 Å². The van der Waals surface area contributed by atoms with Gasteiger partial charge in [0.1, 0.15) is 0 Å². The Balaban J connectivity index is 2.15. The Morgan fingerprint density at radius 2 is 1.88 bits per heavy atom. The number of hydrogen-bond donors (Lipinski definition) is 0. The predicted molar refractivity (Wildman–Crippen MR) is 64.5 cm³/mol. The van der Waals surface area contributed by atoms with E-state index in [1.807, 2.05) is 37.3 Å². The van der Waals surface area contributed by atoms with Crippen molar-refractivity contribution in [1.82, 2.24) is 4.31 Å². The molecule has 0 aliphatic carbocycles. The Kier molecular flexibility index (Phi) is 3.12. The fraction of sp³-hybridized carbons (Fsp3) is 0.333. The topological polar surface area (TPSA) is 37.4 Å². The van der Waals surface area contributed by atoms with E-state index in [4.69, 9.17) is 0 Å². The average molecular weight is 237 g/mol. The molecule has 0 radical (unpaired) electrons. The van der Waals surface area contributed by atoms with Gasteiger partial charge in [-0.15, -0.1) is 0 Å². The summed E-state index contributed by atoms with van der Waals surface area (Å²) >= 11 is 0. The van der Waals surface area contributed by atoms with Crippen molar-refractivity contribution in [2.75, 3.05) is 12.3 Å². The molecule has 0 N–H and O–H groups in total. The van der Waals surface area contributed by atoms with Crippen LogP contribution in [0.25, 0.3) is 0 Å². The van der Waals surface area contributed by atoms with Crippen molar-refractivity contribution < 1.29 is 8.42 Å². The average Bonchev–Trinajstić information content (AvgIpc) is 2.24. The number of aryl methyl sites for hydroxylation is 1. The Morgan fingerprint density at radius 1 is 1.19 bits per heavy atom. The highest BCUT2D eigenvalue weighted by Crippen LogP contribution is 2.13. The molecule has 0 aromatic heterocycles. The van der Waals surface area contributed by atoms with Gasteiger partial charge in [0.15, 0.2) is 0 Å². The first kappa shape index (κ1) is 11.4. The lowest BCUT2D eigenvalue weighted by molar-refractivity contribution is 0.436. The van der Waals surface area contributed by atoms with E-state index in [-0.39, 0.29) is 5.75 Å². The molecular weight excluding hydrogens is 222 g/mol. The minimum atomic E-state index is -3.09. The summed E-state index contributed by atoms with van der Waals surface area (Å²) < 4.78 is 25.0.